The Balaban J connectivity index is 1.19. The van der Waals surface area contributed by atoms with Crippen molar-refractivity contribution in [3.05, 3.63) is 60.3 Å². The molecule has 0 bridgehead atoms. The number of benzene rings is 2. The Morgan fingerprint density at radius 1 is 1.14 bits per heavy atom. The fourth-order valence-corrected chi connectivity index (χ4v) is 4.74. The molecule has 5 rings (SSSR count). The number of likely N-dealkylation sites (tertiary alicyclic amines) is 1. The Hall–Kier alpha value is -2.73. The van der Waals surface area contributed by atoms with Crippen LogP contribution in [0.5, 0.6) is 0 Å². The Kier molecular flexibility index (Phi) is 4.56. The van der Waals surface area contributed by atoms with Crippen LogP contribution in [-0.4, -0.2) is 39.6 Å². The number of amides is 1. The van der Waals surface area contributed by atoms with E-state index in [0.29, 0.717) is 16.9 Å². The summed E-state index contributed by atoms with van der Waals surface area (Å²) in [6.07, 6.45) is 4.14. The zero-order valence-corrected chi connectivity index (χ0v) is 16.2. The van der Waals surface area contributed by atoms with Crippen LogP contribution in [0.15, 0.2) is 64.4 Å². The van der Waals surface area contributed by atoms with Crippen LogP contribution < -0.4 is 0 Å². The lowest BCUT2D eigenvalue weighted by Crippen LogP contribution is -2.38. The molecule has 4 aromatic rings. The molecule has 0 radical (unpaired) electrons. The van der Waals surface area contributed by atoms with Gasteiger partial charge in [-0.05, 0) is 42.5 Å². The van der Waals surface area contributed by atoms with Gasteiger partial charge < -0.3 is 14.3 Å². The van der Waals surface area contributed by atoms with Crippen LogP contribution >= 0.6 is 11.8 Å². The lowest BCUT2D eigenvalue weighted by molar-refractivity contribution is -0.129. The molecule has 2 aromatic heterocycles. The molecular weight excluding hydrogens is 370 g/mol. The summed E-state index contributed by atoms with van der Waals surface area (Å²) in [5.74, 6) is 1.03. The van der Waals surface area contributed by atoms with Gasteiger partial charge >= 0.3 is 0 Å². The molecule has 1 fully saturated rings. The highest BCUT2D eigenvalue weighted by Crippen LogP contribution is 2.33. The van der Waals surface area contributed by atoms with E-state index in [0.717, 1.165) is 37.0 Å². The van der Waals surface area contributed by atoms with Crippen LogP contribution in [0.1, 0.15) is 24.3 Å². The highest BCUT2D eigenvalue weighted by molar-refractivity contribution is 7.99. The molecule has 0 atom stereocenters. The van der Waals surface area contributed by atoms with E-state index in [1.54, 1.807) is 0 Å². The summed E-state index contributed by atoms with van der Waals surface area (Å²) >= 11 is 1.37. The van der Waals surface area contributed by atoms with Gasteiger partial charge in [0.05, 0.1) is 5.75 Å². The van der Waals surface area contributed by atoms with E-state index in [1.165, 1.54) is 28.2 Å². The molecule has 5 nitrogen and oxygen atoms in total. The number of nitrogens with one attached hydrogen (secondary N) is 1. The van der Waals surface area contributed by atoms with Gasteiger partial charge in [0.25, 0.3) is 5.22 Å². The number of para-hydroxylation sites is 3. The van der Waals surface area contributed by atoms with Gasteiger partial charge in [0, 0.05) is 30.2 Å². The molecule has 1 aliphatic rings. The zero-order chi connectivity index (χ0) is 18.9. The maximum atomic E-state index is 12.6. The molecule has 0 aliphatic carbocycles. The number of oxazole rings is 1. The summed E-state index contributed by atoms with van der Waals surface area (Å²) in [6, 6.07) is 16.1. The van der Waals surface area contributed by atoms with E-state index in [9.17, 15) is 4.79 Å². The Labute approximate surface area is 167 Å². The van der Waals surface area contributed by atoms with Crippen molar-refractivity contribution in [1.82, 2.24) is 14.9 Å². The lowest BCUT2D eigenvalue weighted by Gasteiger charge is -2.32. The van der Waals surface area contributed by atoms with Crippen LogP contribution in [0.2, 0.25) is 0 Å². The van der Waals surface area contributed by atoms with E-state index >= 15 is 0 Å². The lowest BCUT2D eigenvalue weighted by atomic mass is 9.89. The minimum Gasteiger partial charge on any atom is -0.431 e. The van der Waals surface area contributed by atoms with E-state index in [1.807, 2.05) is 29.2 Å². The van der Waals surface area contributed by atoms with Crippen LogP contribution in [0.3, 0.4) is 0 Å². The van der Waals surface area contributed by atoms with Crippen molar-refractivity contribution in [2.45, 2.75) is 24.0 Å². The number of rotatable bonds is 4. The Morgan fingerprint density at radius 2 is 1.93 bits per heavy atom. The number of carbonyl (C=O) groups excluding carboxylic acids is 1. The number of hydrogen-bond donors (Lipinski definition) is 1. The number of H-pyrrole nitrogens is 1. The van der Waals surface area contributed by atoms with Gasteiger partial charge in [-0.3, -0.25) is 4.79 Å². The van der Waals surface area contributed by atoms with Gasteiger partial charge in [-0.2, -0.15) is 0 Å². The summed E-state index contributed by atoms with van der Waals surface area (Å²) < 4.78 is 5.69. The van der Waals surface area contributed by atoms with Crippen LogP contribution in [-0.2, 0) is 4.79 Å². The number of carbonyl (C=O) groups is 1. The Morgan fingerprint density at radius 3 is 2.79 bits per heavy atom. The molecule has 6 heteroatoms. The summed E-state index contributed by atoms with van der Waals surface area (Å²) in [5.41, 5.74) is 4.16. The Bertz CT molecular complexity index is 1090. The van der Waals surface area contributed by atoms with Crippen molar-refractivity contribution in [2.75, 3.05) is 18.8 Å². The zero-order valence-electron chi connectivity index (χ0n) is 15.4. The number of nitrogens with zero attached hydrogens (tertiary/aromatic N) is 2. The van der Waals surface area contributed by atoms with Crippen molar-refractivity contribution in [3.8, 4) is 0 Å². The number of piperidine rings is 1. The molecule has 1 saturated heterocycles. The largest absolute Gasteiger partial charge is 0.431 e. The van der Waals surface area contributed by atoms with Gasteiger partial charge in [0.2, 0.25) is 5.91 Å². The minimum absolute atomic E-state index is 0.157. The third kappa shape index (κ3) is 3.29. The quantitative estimate of drug-likeness (QED) is 0.507. The predicted molar refractivity (Wildman–Crippen MR) is 112 cm³/mol. The smallest absolute Gasteiger partial charge is 0.257 e. The third-order valence-electron chi connectivity index (χ3n) is 5.50. The van der Waals surface area contributed by atoms with E-state index in [2.05, 4.69) is 40.4 Å². The first-order valence-corrected chi connectivity index (χ1v) is 10.6. The van der Waals surface area contributed by atoms with Gasteiger partial charge in [-0.1, -0.05) is 42.1 Å². The predicted octanol–water partition coefficient (Wildman–Crippen LogP) is 4.81. The maximum Gasteiger partial charge on any atom is 0.257 e. The van der Waals surface area contributed by atoms with Crippen molar-refractivity contribution in [2.24, 2.45) is 0 Å². The molecule has 0 spiro atoms. The molecule has 1 aliphatic heterocycles. The summed E-state index contributed by atoms with van der Waals surface area (Å²) in [4.78, 5) is 22.4. The maximum absolute atomic E-state index is 12.6. The molecule has 1 N–H and O–H groups in total. The van der Waals surface area contributed by atoms with Crippen LogP contribution in [0.4, 0.5) is 0 Å². The van der Waals surface area contributed by atoms with E-state index in [4.69, 9.17) is 4.42 Å². The second-order valence-corrected chi connectivity index (χ2v) is 8.11. The fraction of sp³-hybridized carbons (Fsp3) is 0.273. The standard InChI is InChI=1S/C22H21N3O2S/c26-21(14-28-22-24-19-7-3-4-8-20(19)27-22)25-11-9-15(10-12-25)17-13-23-18-6-2-1-5-16(17)18/h1-8,13,15,23H,9-12,14H2. The number of thioether (sulfide) groups is 1. The second kappa shape index (κ2) is 7.36. The van der Waals surface area contributed by atoms with Crippen molar-refractivity contribution in [1.29, 1.82) is 0 Å². The number of aromatic amines is 1. The van der Waals surface area contributed by atoms with Crippen LogP contribution in [0.25, 0.3) is 22.0 Å². The average Bonchev–Trinajstić information content (AvgIpc) is 3.36. The monoisotopic (exact) mass is 391 g/mol. The number of fused-ring (bicyclic) bond motifs is 2. The molecule has 2 aromatic carbocycles. The van der Waals surface area contributed by atoms with Gasteiger partial charge in [0.15, 0.2) is 5.58 Å². The normalized spacial score (nSPS) is 15.5. The molecule has 142 valence electrons. The number of aromatic nitrogens is 2. The molecule has 0 saturated carbocycles. The highest BCUT2D eigenvalue weighted by atomic mass is 32.2. The average molecular weight is 391 g/mol. The fourth-order valence-electron chi connectivity index (χ4n) is 4.00. The summed E-state index contributed by atoms with van der Waals surface area (Å²) in [5, 5.41) is 1.86. The molecule has 1 amide bonds. The van der Waals surface area contributed by atoms with Crippen molar-refractivity contribution < 1.29 is 9.21 Å². The van der Waals surface area contributed by atoms with Crippen LogP contribution in [0, 0.1) is 0 Å². The first kappa shape index (κ1) is 17.4. The van der Waals surface area contributed by atoms with Crippen molar-refractivity contribution in [3.63, 3.8) is 0 Å². The highest BCUT2D eigenvalue weighted by Gasteiger charge is 2.25. The molecular formula is C22H21N3O2S. The van der Waals surface area contributed by atoms with Gasteiger partial charge in [-0.15, -0.1) is 0 Å². The third-order valence-corrected chi connectivity index (χ3v) is 6.31. The number of hydrogen-bond acceptors (Lipinski definition) is 4. The van der Waals surface area contributed by atoms with E-state index < -0.39 is 0 Å². The molecule has 28 heavy (non-hydrogen) atoms. The van der Waals surface area contributed by atoms with Crippen molar-refractivity contribution >= 4 is 39.7 Å². The molecule has 0 unspecified atom stereocenters. The van der Waals surface area contributed by atoms with Gasteiger partial charge in [0.1, 0.15) is 5.52 Å². The second-order valence-electron chi connectivity index (χ2n) is 7.18. The molecule has 3 heterocycles. The minimum atomic E-state index is 0.157. The first-order chi connectivity index (χ1) is 13.8. The summed E-state index contributed by atoms with van der Waals surface area (Å²) in [6.45, 7) is 1.61. The summed E-state index contributed by atoms with van der Waals surface area (Å²) in [7, 11) is 0. The first-order valence-electron chi connectivity index (χ1n) is 9.60. The van der Waals surface area contributed by atoms with E-state index in [-0.39, 0.29) is 5.91 Å². The van der Waals surface area contributed by atoms with Gasteiger partial charge in [-0.25, -0.2) is 4.98 Å². The topological polar surface area (TPSA) is 62.1 Å². The SMILES string of the molecule is O=C(CSc1nc2ccccc2o1)N1CCC(c2c[nH]c3ccccc23)CC1.